The molecule has 0 unspecified atom stereocenters. The van der Waals surface area contributed by atoms with Gasteiger partial charge in [-0.05, 0) is 25.0 Å². The molecule has 0 bridgehead atoms. The molecule has 18 heavy (non-hydrogen) atoms. The predicted molar refractivity (Wildman–Crippen MR) is 62.8 cm³/mol. The highest BCUT2D eigenvalue weighted by Gasteiger charge is 2.15. The van der Waals surface area contributed by atoms with Crippen molar-refractivity contribution in [1.82, 2.24) is 0 Å². The van der Waals surface area contributed by atoms with Gasteiger partial charge in [0.05, 0.1) is 29.2 Å². The Bertz CT molecular complexity index is 514. The van der Waals surface area contributed by atoms with Crippen LogP contribution in [0.4, 0.5) is 5.69 Å². The summed E-state index contributed by atoms with van der Waals surface area (Å²) in [5.41, 5.74) is 0.00728. The summed E-state index contributed by atoms with van der Waals surface area (Å²) in [5, 5.41) is 27.8. The molecule has 0 aliphatic carbocycles. The molecule has 0 atom stereocenters. The van der Waals surface area contributed by atoms with Crippen LogP contribution >= 0.6 is 0 Å². The fraction of sp³-hybridized carbons (Fsp3) is 0.333. The van der Waals surface area contributed by atoms with Crippen LogP contribution in [0.15, 0.2) is 18.2 Å². The fourth-order valence-corrected chi connectivity index (χ4v) is 1.34. The van der Waals surface area contributed by atoms with Crippen LogP contribution in [0.1, 0.15) is 24.8 Å². The van der Waals surface area contributed by atoms with Gasteiger partial charge in [0.1, 0.15) is 0 Å². The van der Waals surface area contributed by atoms with E-state index in [4.69, 9.17) is 15.3 Å². The molecular formula is C12H11N3O3. The number of nitro groups is 1. The van der Waals surface area contributed by atoms with E-state index in [1.54, 1.807) is 0 Å². The number of nitrogens with zero attached hydrogens (tertiary/aromatic N) is 3. The summed E-state index contributed by atoms with van der Waals surface area (Å²) in [6.45, 7) is 0.314. The van der Waals surface area contributed by atoms with E-state index in [0.717, 1.165) is 0 Å². The number of rotatable bonds is 6. The number of hydrogen-bond donors (Lipinski definition) is 0. The third-order valence-corrected chi connectivity index (χ3v) is 2.23. The minimum absolute atomic E-state index is 0.149. The minimum Gasteiger partial charge on any atom is -0.487 e. The highest BCUT2D eigenvalue weighted by molar-refractivity contribution is 5.51. The maximum Gasteiger partial charge on any atom is 0.312 e. The molecule has 0 radical (unpaired) electrons. The van der Waals surface area contributed by atoms with E-state index in [-0.39, 0.29) is 17.0 Å². The Hall–Kier alpha value is -2.60. The first-order valence-electron chi connectivity index (χ1n) is 5.37. The van der Waals surface area contributed by atoms with Crippen molar-refractivity contribution in [3.05, 3.63) is 33.9 Å². The van der Waals surface area contributed by atoms with Crippen molar-refractivity contribution in [2.75, 3.05) is 6.61 Å². The van der Waals surface area contributed by atoms with E-state index in [2.05, 4.69) is 0 Å². The van der Waals surface area contributed by atoms with Crippen molar-refractivity contribution in [2.24, 2.45) is 0 Å². The Kier molecular flexibility index (Phi) is 5.14. The van der Waals surface area contributed by atoms with Crippen molar-refractivity contribution in [3.63, 3.8) is 0 Å². The van der Waals surface area contributed by atoms with Crippen LogP contribution < -0.4 is 4.74 Å². The molecule has 92 valence electrons. The molecule has 0 fully saturated rings. The number of nitro benzene ring substituents is 1. The third kappa shape index (κ3) is 3.76. The minimum atomic E-state index is -0.578. The first kappa shape index (κ1) is 13.5. The highest BCUT2D eigenvalue weighted by atomic mass is 16.6. The molecule has 1 aromatic carbocycles. The standard InChI is InChI=1S/C12H11N3O3/c13-6-2-1-3-7-18-12-5-4-10(9-14)8-11(12)15(16)17/h4-5,8H,1-3,7H2. The summed E-state index contributed by atoms with van der Waals surface area (Å²) in [4.78, 5) is 10.2. The van der Waals surface area contributed by atoms with Gasteiger partial charge in [-0.2, -0.15) is 10.5 Å². The number of hydrogen-bond acceptors (Lipinski definition) is 5. The second kappa shape index (κ2) is 6.87. The zero-order valence-electron chi connectivity index (χ0n) is 9.63. The number of benzene rings is 1. The molecule has 0 aromatic heterocycles. The number of unbranched alkanes of at least 4 members (excludes halogenated alkanes) is 2. The van der Waals surface area contributed by atoms with Crippen LogP contribution in [0.3, 0.4) is 0 Å². The summed E-state index contributed by atoms with van der Waals surface area (Å²) in [6, 6.07) is 7.92. The molecule has 0 saturated heterocycles. The van der Waals surface area contributed by atoms with Gasteiger partial charge in [0, 0.05) is 12.5 Å². The van der Waals surface area contributed by atoms with E-state index in [1.807, 2.05) is 12.1 Å². The quantitative estimate of drug-likeness (QED) is 0.435. The summed E-state index contributed by atoms with van der Waals surface area (Å²) in [6.07, 6.45) is 1.80. The third-order valence-electron chi connectivity index (χ3n) is 2.23. The maximum absolute atomic E-state index is 10.8. The van der Waals surface area contributed by atoms with E-state index in [1.165, 1.54) is 18.2 Å². The maximum atomic E-state index is 10.8. The van der Waals surface area contributed by atoms with E-state index < -0.39 is 4.92 Å². The highest BCUT2D eigenvalue weighted by Crippen LogP contribution is 2.27. The Morgan fingerprint density at radius 3 is 2.72 bits per heavy atom. The first-order valence-corrected chi connectivity index (χ1v) is 5.37. The molecule has 6 heteroatoms. The second-order valence-corrected chi connectivity index (χ2v) is 3.52. The second-order valence-electron chi connectivity index (χ2n) is 3.52. The number of ether oxygens (including phenoxy) is 1. The zero-order valence-corrected chi connectivity index (χ0v) is 9.63. The smallest absolute Gasteiger partial charge is 0.312 e. The molecule has 1 rings (SSSR count). The average molecular weight is 245 g/mol. The molecule has 0 spiro atoms. The molecule has 0 amide bonds. The summed E-state index contributed by atoms with van der Waals surface area (Å²) >= 11 is 0. The van der Waals surface area contributed by atoms with Gasteiger partial charge in [0.15, 0.2) is 5.75 Å². The summed E-state index contributed by atoms with van der Waals surface area (Å²) < 4.78 is 5.28. The lowest BCUT2D eigenvalue weighted by atomic mass is 10.2. The van der Waals surface area contributed by atoms with Crippen molar-refractivity contribution in [2.45, 2.75) is 19.3 Å². The monoisotopic (exact) mass is 245 g/mol. The summed E-state index contributed by atoms with van der Waals surface area (Å²) in [5.74, 6) is 0.149. The molecule has 0 heterocycles. The van der Waals surface area contributed by atoms with Gasteiger partial charge in [-0.15, -0.1) is 0 Å². The van der Waals surface area contributed by atoms with Crippen molar-refractivity contribution in [3.8, 4) is 17.9 Å². The molecule has 6 nitrogen and oxygen atoms in total. The normalized spacial score (nSPS) is 9.22. The van der Waals surface area contributed by atoms with Crippen LogP contribution in [0.5, 0.6) is 5.75 Å². The SMILES string of the molecule is N#CCCCCOc1ccc(C#N)cc1[N+](=O)[O-]. The Morgan fingerprint density at radius 1 is 1.33 bits per heavy atom. The lowest BCUT2D eigenvalue weighted by molar-refractivity contribution is -0.385. The van der Waals surface area contributed by atoms with Crippen LogP contribution in [0.2, 0.25) is 0 Å². The van der Waals surface area contributed by atoms with Crippen LogP contribution in [0, 0.1) is 32.8 Å². The fourth-order valence-electron chi connectivity index (χ4n) is 1.34. The van der Waals surface area contributed by atoms with Gasteiger partial charge in [0.25, 0.3) is 0 Å². The van der Waals surface area contributed by atoms with Crippen LogP contribution in [-0.2, 0) is 0 Å². The first-order chi connectivity index (χ1) is 8.69. The largest absolute Gasteiger partial charge is 0.487 e. The van der Waals surface area contributed by atoms with Gasteiger partial charge >= 0.3 is 5.69 Å². The van der Waals surface area contributed by atoms with E-state index in [9.17, 15) is 10.1 Å². The summed E-state index contributed by atoms with van der Waals surface area (Å²) in [7, 11) is 0. The molecule has 0 saturated carbocycles. The molecule has 0 N–H and O–H groups in total. The molecule has 1 aromatic rings. The zero-order chi connectivity index (χ0) is 13.4. The Labute approximate surface area is 104 Å². The van der Waals surface area contributed by atoms with Gasteiger partial charge in [-0.1, -0.05) is 0 Å². The average Bonchev–Trinajstić information content (AvgIpc) is 2.38. The van der Waals surface area contributed by atoms with Gasteiger partial charge in [-0.3, -0.25) is 10.1 Å². The molecule has 0 aliphatic rings. The lowest BCUT2D eigenvalue weighted by Crippen LogP contribution is -2.01. The lowest BCUT2D eigenvalue weighted by Gasteiger charge is -2.05. The van der Waals surface area contributed by atoms with Gasteiger partial charge < -0.3 is 4.74 Å². The van der Waals surface area contributed by atoms with Crippen molar-refractivity contribution >= 4 is 5.69 Å². The number of nitriles is 2. The molecular weight excluding hydrogens is 234 g/mol. The van der Waals surface area contributed by atoms with Crippen LogP contribution in [-0.4, -0.2) is 11.5 Å². The Balaban J connectivity index is 2.68. The predicted octanol–water partition coefficient (Wildman–Crippen LogP) is 2.54. The van der Waals surface area contributed by atoms with Crippen molar-refractivity contribution in [1.29, 1.82) is 10.5 Å². The van der Waals surface area contributed by atoms with Gasteiger partial charge in [0.2, 0.25) is 0 Å². The molecule has 0 aliphatic heterocycles. The van der Waals surface area contributed by atoms with Gasteiger partial charge in [-0.25, -0.2) is 0 Å². The van der Waals surface area contributed by atoms with Crippen molar-refractivity contribution < 1.29 is 9.66 Å². The van der Waals surface area contributed by atoms with Crippen LogP contribution in [0.25, 0.3) is 0 Å². The Morgan fingerprint density at radius 2 is 2.11 bits per heavy atom. The van der Waals surface area contributed by atoms with E-state index >= 15 is 0 Å². The van der Waals surface area contributed by atoms with E-state index in [0.29, 0.717) is 25.9 Å². The topological polar surface area (TPSA) is 99.9 Å².